The van der Waals surface area contributed by atoms with E-state index in [1.165, 1.54) is 0 Å². The van der Waals surface area contributed by atoms with Crippen LogP contribution in [0, 0.1) is 0 Å². The maximum absolute atomic E-state index is 12.6. The van der Waals surface area contributed by atoms with Crippen LogP contribution in [0.3, 0.4) is 0 Å². The highest BCUT2D eigenvalue weighted by atomic mass is 19.3. The van der Waals surface area contributed by atoms with Crippen molar-refractivity contribution >= 4 is 5.82 Å². The van der Waals surface area contributed by atoms with Crippen LogP contribution in [0.15, 0.2) is 6.07 Å². The lowest BCUT2D eigenvalue weighted by molar-refractivity contribution is -0.168. The molecule has 3 N–H and O–H groups in total. The smallest absolute Gasteiger partial charge is 0.330 e. The van der Waals surface area contributed by atoms with Crippen molar-refractivity contribution in [2.75, 3.05) is 12.0 Å². The number of anilines is 1. The largest absolute Gasteiger partial charge is 0.367 e. The molecule has 0 amide bonds. The Hall–Kier alpha value is -1.48. The van der Waals surface area contributed by atoms with Crippen molar-refractivity contribution in [2.24, 2.45) is 5.84 Å². The predicted molar refractivity (Wildman–Crippen MR) is 64.4 cm³/mol. The van der Waals surface area contributed by atoms with Crippen LogP contribution in [0.25, 0.3) is 0 Å². The third-order valence-corrected chi connectivity index (χ3v) is 2.32. The van der Waals surface area contributed by atoms with Gasteiger partial charge in [0.1, 0.15) is 19.0 Å². The highest BCUT2D eigenvalue weighted by Crippen LogP contribution is 2.23. The number of rotatable bonds is 8. The van der Waals surface area contributed by atoms with Crippen molar-refractivity contribution < 1.29 is 22.3 Å². The van der Waals surface area contributed by atoms with Gasteiger partial charge in [0.2, 0.25) is 0 Å². The van der Waals surface area contributed by atoms with Crippen LogP contribution in [0.5, 0.6) is 0 Å². The molecule has 0 atom stereocenters. The zero-order valence-corrected chi connectivity index (χ0v) is 10.9. The van der Waals surface area contributed by atoms with Crippen LogP contribution in [-0.2, 0) is 17.8 Å². The van der Waals surface area contributed by atoms with Gasteiger partial charge >= 0.3 is 12.3 Å². The Labute approximate surface area is 113 Å². The number of aryl methyl sites for hydroxylation is 1. The van der Waals surface area contributed by atoms with Crippen molar-refractivity contribution in [2.45, 2.75) is 38.7 Å². The lowest BCUT2D eigenvalue weighted by Gasteiger charge is -2.15. The van der Waals surface area contributed by atoms with E-state index in [9.17, 15) is 17.6 Å². The van der Waals surface area contributed by atoms with Gasteiger partial charge in [0.25, 0.3) is 0 Å². The van der Waals surface area contributed by atoms with E-state index in [4.69, 9.17) is 5.84 Å². The van der Waals surface area contributed by atoms with Gasteiger partial charge in [0.15, 0.2) is 5.82 Å². The number of aromatic nitrogens is 2. The number of halogens is 4. The summed E-state index contributed by atoms with van der Waals surface area (Å²) in [6.07, 6.45) is -2.29. The van der Waals surface area contributed by atoms with E-state index < -0.39 is 25.6 Å². The fraction of sp³-hybridized carbons (Fsp3) is 0.636. The van der Waals surface area contributed by atoms with Crippen LogP contribution >= 0.6 is 0 Å². The fourth-order valence-electron chi connectivity index (χ4n) is 1.42. The predicted octanol–water partition coefficient (Wildman–Crippen LogP) is 2.13. The molecule has 0 fully saturated rings. The summed E-state index contributed by atoms with van der Waals surface area (Å²) in [5.74, 6) is 1.45. The second-order valence-corrected chi connectivity index (χ2v) is 4.11. The molecule has 0 saturated carbocycles. The summed E-state index contributed by atoms with van der Waals surface area (Å²) in [4.78, 5) is 7.97. The molecule has 0 saturated heterocycles. The lowest BCUT2D eigenvalue weighted by atomic mass is 10.2. The second-order valence-electron chi connectivity index (χ2n) is 4.11. The van der Waals surface area contributed by atoms with E-state index >= 15 is 0 Å². The van der Waals surface area contributed by atoms with Crippen molar-refractivity contribution in [3.8, 4) is 0 Å². The maximum atomic E-state index is 12.6. The Balaban J connectivity index is 2.65. The number of hydrogen-bond donors (Lipinski definition) is 2. The van der Waals surface area contributed by atoms with Crippen molar-refractivity contribution in [1.29, 1.82) is 0 Å². The van der Waals surface area contributed by atoms with Gasteiger partial charge in [-0.2, -0.15) is 8.78 Å². The summed E-state index contributed by atoms with van der Waals surface area (Å²) in [5.41, 5.74) is 2.98. The molecular weight excluding hydrogens is 280 g/mol. The van der Waals surface area contributed by atoms with Crippen molar-refractivity contribution in [1.82, 2.24) is 9.97 Å². The summed E-state index contributed by atoms with van der Waals surface area (Å²) in [5, 5.41) is 0. The number of hydrogen-bond acceptors (Lipinski definition) is 5. The summed E-state index contributed by atoms with van der Waals surface area (Å²) >= 11 is 0. The van der Waals surface area contributed by atoms with Gasteiger partial charge in [-0.15, -0.1) is 0 Å². The molecule has 114 valence electrons. The Kier molecular flexibility index (Phi) is 6.08. The van der Waals surface area contributed by atoms with Gasteiger partial charge in [-0.1, -0.05) is 13.3 Å². The van der Waals surface area contributed by atoms with Crippen LogP contribution in [0.4, 0.5) is 23.4 Å². The minimum Gasteiger partial charge on any atom is -0.367 e. The Morgan fingerprint density at radius 3 is 2.65 bits per heavy atom. The van der Waals surface area contributed by atoms with Gasteiger partial charge in [-0.3, -0.25) is 0 Å². The Morgan fingerprint density at radius 2 is 2.10 bits per heavy atom. The molecule has 20 heavy (non-hydrogen) atoms. The van der Waals surface area contributed by atoms with Gasteiger partial charge in [-0.05, 0) is 6.42 Å². The third kappa shape index (κ3) is 4.89. The van der Waals surface area contributed by atoms with E-state index in [0.717, 1.165) is 6.42 Å². The van der Waals surface area contributed by atoms with Crippen LogP contribution in [0.1, 0.15) is 24.9 Å². The minimum absolute atomic E-state index is 0.106. The number of nitrogens with two attached hydrogens (primary N) is 1. The van der Waals surface area contributed by atoms with Crippen LogP contribution < -0.4 is 11.3 Å². The van der Waals surface area contributed by atoms with Crippen molar-refractivity contribution in [3.05, 3.63) is 17.6 Å². The van der Waals surface area contributed by atoms with Gasteiger partial charge in [0, 0.05) is 11.8 Å². The normalized spacial score (nSPS) is 11.9. The van der Waals surface area contributed by atoms with Gasteiger partial charge < -0.3 is 10.2 Å². The zero-order chi connectivity index (χ0) is 15.2. The molecule has 0 aliphatic heterocycles. The number of nitrogen functional groups attached to an aromatic ring is 1. The molecule has 1 heterocycles. The lowest BCUT2D eigenvalue weighted by Crippen LogP contribution is -2.32. The first-order valence-electron chi connectivity index (χ1n) is 5.96. The maximum Gasteiger partial charge on any atom is 0.330 e. The average Bonchev–Trinajstić information content (AvgIpc) is 2.38. The molecule has 0 radical (unpaired) electrons. The summed E-state index contributed by atoms with van der Waals surface area (Å²) in [6, 6.07) is 1.61. The Morgan fingerprint density at radius 1 is 1.40 bits per heavy atom. The molecule has 0 aliphatic rings. The Bertz CT molecular complexity index is 431. The number of nitrogens with one attached hydrogen (secondary N) is 1. The highest BCUT2D eigenvalue weighted by Gasteiger charge is 2.41. The van der Waals surface area contributed by atoms with E-state index in [-0.39, 0.29) is 5.82 Å². The highest BCUT2D eigenvalue weighted by molar-refractivity contribution is 5.34. The monoisotopic (exact) mass is 296 g/mol. The molecule has 9 heteroatoms. The molecule has 1 aromatic rings. The number of ether oxygens (including phenoxy) is 1. The van der Waals surface area contributed by atoms with Crippen LogP contribution in [0.2, 0.25) is 0 Å². The SMILES string of the molecule is CCCc1cc(NN)nc(COCC(F)(F)C(F)F)n1. The molecule has 0 spiro atoms. The summed E-state index contributed by atoms with van der Waals surface area (Å²) in [6.45, 7) is 0.156. The van der Waals surface area contributed by atoms with E-state index in [1.807, 2.05) is 6.92 Å². The first-order valence-corrected chi connectivity index (χ1v) is 5.96. The van der Waals surface area contributed by atoms with Crippen molar-refractivity contribution in [3.63, 3.8) is 0 Å². The second kappa shape index (κ2) is 7.34. The minimum atomic E-state index is -4.18. The fourth-order valence-corrected chi connectivity index (χ4v) is 1.42. The van der Waals surface area contributed by atoms with Crippen LogP contribution in [-0.4, -0.2) is 28.9 Å². The average molecular weight is 296 g/mol. The standard InChI is InChI=1S/C11H16F4N4O/c1-2-3-7-4-8(19-16)18-9(17-7)5-20-6-11(14,15)10(12)13/h4,10H,2-3,5-6,16H2,1H3,(H,17,18,19). The molecule has 5 nitrogen and oxygen atoms in total. The first-order chi connectivity index (χ1) is 9.39. The number of nitrogens with zero attached hydrogens (tertiary/aromatic N) is 2. The first kappa shape index (κ1) is 16.6. The number of hydrazine groups is 1. The molecular formula is C11H16F4N4O. The third-order valence-electron chi connectivity index (χ3n) is 2.32. The number of alkyl halides is 4. The molecule has 0 aliphatic carbocycles. The zero-order valence-electron chi connectivity index (χ0n) is 10.9. The van der Waals surface area contributed by atoms with E-state index in [2.05, 4.69) is 20.1 Å². The molecule has 1 rings (SSSR count). The molecule has 0 bridgehead atoms. The topological polar surface area (TPSA) is 73.1 Å². The molecule has 1 aromatic heterocycles. The van der Waals surface area contributed by atoms with E-state index in [1.54, 1.807) is 6.07 Å². The quantitative estimate of drug-likeness (QED) is 0.437. The van der Waals surface area contributed by atoms with Gasteiger partial charge in [-0.25, -0.2) is 24.6 Å². The van der Waals surface area contributed by atoms with Gasteiger partial charge in [0.05, 0.1) is 0 Å². The summed E-state index contributed by atoms with van der Waals surface area (Å²) in [7, 11) is 0. The van der Waals surface area contributed by atoms with E-state index in [0.29, 0.717) is 17.9 Å². The molecule has 0 unspecified atom stereocenters. The summed E-state index contributed by atoms with van der Waals surface area (Å²) < 4.78 is 53.7. The molecule has 0 aromatic carbocycles.